The minimum absolute atomic E-state index is 0.0417. The summed E-state index contributed by atoms with van der Waals surface area (Å²) in [4.78, 5) is 10.5. The number of hydrogen-bond acceptors (Lipinski definition) is 6. The zero-order valence-corrected chi connectivity index (χ0v) is 9.88. The van der Waals surface area contributed by atoms with Crippen molar-refractivity contribution in [3.63, 3.8) is 0 Å². The Hall–Kier alpha value is -2.37. The van der Waals surface area contributed by atoms with E-state index < -0.39 is 0 Å². The summed E-state index contributed by atoms with van der Waals surface area (Å²) in [6, 6.07) is 8.36. The SMILES string of the molecule is Cc1ccccc1C.Nc1nc(N)nc(N)n1. The smallest absolute Gasteiger partial charge is 0.226 e. The third-order valence-electron chi connectivity index (χ3n) is 2.11. The lowest BCUT2D eigenvalue weighted by Crippen LogP contribution is -2.05. The molecule has 2 rings (SSSR count). The fourth-order valence-corrected chi connectivity index (χ4v) is 1.09. The molecule has 0 aliphatic heterocycles. The average Bonchev–Trinajstić information content (AvgIpc) is 2.21. The molecule has 0 atom stereocenters. The maximum atomic E-state index is 5.14. The van der Waals surface area contributed by atoms with Gasteiger partial charge in [0.25, 0.3) is 0 Å². The van der Waals surface area contributed by atoms with Gasteiger partial charge in [-0.2, -0.15) is 15.0 Å². The fourth-order valence-electron chi connectivity index (χ4n) is 1.09. The van der Waals surface area contributed by atoms with Crippen molar-refractivity contribution in [2.45, 2.75) is 13.8 Å². The monoisotopic (exact) mass is 232 g/mol. The van der Waals surface area contributed by atoms with Crippen LogP contribution in [-0.4, -0.2) is 15.0 Å². The van der Waals surface area contributed by atoms with E-state index in [1.54, 1.807) is 0 Å². The van der Waals surface area contributed by atoms with E-state index in [0.29, 0.717) is 0 Å². The summed E-state index contributed by atoms with van der Waals surface area (Å²) in [6.45, 7) is 4.24. The Labute approximate surface area is 99.9 Å². The van der Waals surface area contributed by atoms with Crippen molar-refractivity contribution < 1.29 is 0 Å². The fraction of sp³-hybridized carbons (Fsp3) is 0.182. The lowest BCUT2D eigenvalue weighted by Gasteiger charge is -1.93. The van der Waals surface area contributed by atoms with Crippen LogP contribution in [0.2, 0.25) is 0 Å². The zero-order chi connectivity index (χ0) is 12.8. The van der Waals surface area contributed by atoms with Crippen molar-refractivity contribution in [3.8, 4) is 0 Å². The highest BCUT2D eigenvalue weighted by atomic mass is 15.2. The van der Waals surface area contributed by atoms with E-state index >= 15 is 0 Å². The first-order valence-electron chi connectivity index (χ1n) is 5.04. The van der Waals surface area contributed by atoms with E-state index in [9.17, 15) is 0 Å². The Morgan fingerprint density at radius 1 is 0.706 bits per heavy atom. The standard InChI is InChI=1S/C8H10.C3H6N6/c1-7-5-3-4-6-8(7)2;4-1-7-2(5)9-3(6)8-1/h3-6H,1-2H3;(H6,4,5,6,7,8,9). The number of aryl methyl sites for hydroxylation is 2. The van der Waals surface area contributed by atoms with Gasteiger partial charge >= 0.3 is 0 Å². The second-order valence-corrected chi connectivity index (χ2v) is 3.49. The minimum atomic E-state index is 0.0417. The third kappa shape index (κ3) is 4.33. The second kappa shape index (κ2) is 5.64. The quantitative estimate of drug-likeness (QED) is 0.621. The largest absolute Gasteiger partial charge is 0.368 e. The predicted octanol–water partition coefficient (Wildman–Crippen LogP) is 0.922. The van der Waals surface area contributed by atoms with Gasteiger partial charge in [0.15, 0.2) is 0 Å². The highest BCUT2D eigenvalue weighted by Crippen LogP contribution is 2.02. The molecular formula is C11H16N6. The summed E-state index contributed by atoms with van der Waals surface area (Å²) in [5.41, 5.74) is 18.1. The molecule has 0 fully saturated rings. The number of rotatable bonds is 0. The first-order valence-corrected chi connectivity index (χ1v) is 5.04. The Kier molecular flexibility index (Phi) is 4.21. The van der Waals surface area contributed by atoms with Crippen molar-refractivity contribution in [2.75, 3.05) is 17.2 Å². The van der Waals surface area contributed by atoms with Gasteiger partial charge in [0.05, 0.1) is 0 Å². The molecule has 0 aliphatic carbocycles. The molecule has 17 heavy (non-hydrogen) atoms. The summed E-state index contributed by atoms with van der Waals surface area (Å²) in [5, 5.41) is 0. The molecule has 0 saturated carbocycles. The van der Waals surface area contributed by atoms with Crippen molar-refractivity contribution in [1.82, 2.24) is 15.0 Å². The molecule has 6 heteroatoms. The molecule has 6 nitrogen and oxygen atoms in total. The molecule has 0 saturated heterocycles. The molecule has 0 bridgehead atoms. The number of aromatic nitrogens is 3. The van der Waals surface area contributed by atoms with E-state index in [-0.39, 0.29) is 17.8 Å². The molecule has 0 aliphatic rings. The number of benzene rings is 1. The van der Waals surface area contributed by atoms with Gasteiger partial charge in [-0.3, -0.25) is 0 Å². The molecule has 0 amide bonds. The van der Waals surface area contributed by atoms with Crippen LogP contribution in [0.3, 0.4) is 0 Å². The van der Waals surface area contributed by atoms with E-state index in [2.05, 4.69) is 53.1 Å². The normalized spacial score (nSPS) is 9.29. The van der Waals surface area contributed by atoms with Crippen LogP contribution >= 0.6 is 0 Å². The average molecular weight is 232 g/mol. The van der Waals surface area contributed by atoms with Crippen molar-refractivity contribution >= 4 is 17.8 Å². The second-order valence-electron chi connectivity index (χ2n) is 3.49. The van der Waals surface area contributed by atoms with E-state index in [1.165, 1.54) is 11.1 Å². The van der Waals surface area contributed by atoms with Crippen LogP contribution in [0.1, 0.15) is 11.1 Å². The number of nitrogens with zero attached hydrogens (tertiary/aromatic N) is 3. The Morgan fingerprint density at radius 3 is 1.24 bits per heavy atom. The minimum Gasteiger partial charge on any atom is -0.368 e. The maximum Gasteiger partial charge on any atom is 0.226 e. The van der Waals surface area contributed by atoms with Gasteiger partial charge in [0, 0.05) is 0 Å². The summed E-state index contributed by atoms with van der Waals surface area (Å²) in [7, 11) is 0. The summed E-state index contributed by atoms with van der Waals surface area (Å²) in [6.07, 6.45) is 0. The topological polar surface area (TPSA) is 117 Å². The number of hydrogen-bond donors (Lipinski definition) is 3. The maximum absolute atomic E-state index is 5.14. The molecule has 1 heterocycles. The zero-order valence-electron chi connectivity index (χ0n) is 9.88. The Balaban J connectivity index is 0.000000171. The highest BCUT2D eigenvalue weighted by Gasteiger charge is 1.93. The van der Waals surface area contributed by atoms with Gasteiger partial charge in [-0.25, -0.2) is 0 Å². The van der Waals surface area contributed by atoms with Gasteiger partial charge in [0.1, 0.15) is 0 Å². The van der Waals surface area contributed by atoms with E-state index in [1.807, 2.05) is 0 Å². The molecule has 2 aromatic rings. The van der Waals surface area contributed by atoms with E-state index in [4.69, 9.17) is 17.2 Å². The van der Waals surface area contributed by atoms with Crippen LogP contribution in [0.5, 0.6) is 0 Å². The molecule has 1 aromatic carbocycles. The van der Waals surface area contributed by atoms with Gasteiger partial charge in [0.2, 0.25) is 17.8 Å². The van der Waals surface area contributed by atoms with Crippen LogP contribution in [0, 0.1) is 13.8 Å². The molecule has 0 unspecified atom stereocenters. The highest BCUT2D eigenvalue weighted by molar-refractivity contribution is 5.33. The molecule has 0 spiro atoms. The van der Waals surface area contributed by atoms with E-state index in [0.717, 1.165) is 0 Å². The van der Waals surface area contributed by atoms with Crippen molar-refractivity contribution in [2.24, 2.45) is 0 Å². The first-order chi connectivity index (χ1) is 7.99. The summed E-state index contributed by atoms with van der Waals surface area (Å²) < 4.78 is 0. The van der Waals surface area contributed by atoms with Crippen LogP contribution in [-0.2, 0) is 0 Å². The molecule has 1 aromatic heterocycles. The van der Waals surface area contributed by atoms with Gasteiger partial charge in [-0.1, -0.05) is 24.3 Å². The van der Waals surface area contributed by atoms with Crippen LogP contribution in [0.4, 0.5) is 17.8 Å². The van der Waals surface area contributed by atoms with Crippen LogP contribution < -0.4 is 17.2 Å². The number of nitrogens with two attached hydrogens (primary N) is 3. The van der Waals surface area contributed by atoms with Gasteiger partial charge < -0.3 is 17.2 Å². The van der Waals surface area contributed by atoms with Crippen LogP contribution in [0.15, 0.2) is 24.3 Å². The molecule has 0 radical (unpaired) electrons. The van der Waals surface area contributed by atoms with Gasteiger partial charge in [-0.15, -0.1) is 0 Å². The van der Waals surface area contributed by atoms with Gasteiger partial charge in [-0.05, 0) is 25.0 Å². The number of anilines is 3. The van der Waals surface area contributed by atoms with Crippen LogP contribution in [0.25, 0.3) is 0 Å². The number of nitrogen functional groups attached to an aromatic ring is 3. The van der Waals surface area contributed by atoms with Crippen molar-refractivity contribution in [3.05, 3.63) is 35.4 Å². The Bertz CT molecular complexity index is 426. The lowest BCUT2D eigenvalue weighted by molar-refractivity contribution is 1.09. The first kappa shape index (κ1) is 12.7. The Morgan fingerprint density at radius 2 is 1.00 bits per heavy atom. The molecular weight excluding hydrogens is 216 g/mol. The lowest BCUT2D eigenvalue weighted by atomic mass is 10.1. The molecule has 90 valence electrons. The summed E-state index contributed by atoms with van der Waals surface area (Å²) >= 11 is 0. The third-order valence-corrected chi connectivity index (χ3v) is 2.11. The predicted molar refractivity (Wildman–Crippen MR) is 69.0 cm³/mol. The summed E-state index contributed by atoms with van der Waals surface area (Å²) in [5.74, 6) is 0.125. The molecule has 6 N–H and O–H groups in total. The van der Waals surface area contributed by atoms with Crippen molar-refractivity contribution in [1.29, 1.82) is 0 Å².